The number of hydrogen-bond donors (Lipinski definition) is 2. The molecule has 0 unspecified atom stereocenters. The van der Waals surface area contributed by atoms with Gasteiger partial charge in [0.1, 0.15) is 6.10 Å². The van der Waals surface area contributed by atoms with Crippen LogP contribution in [0, 0.1) is 6.92 Å². The van der Waals surface area contributed by atoms with Gasteiger partial charge < -0.3 is 10.8 Å². The van der Waals surface area contributed by atoms with E-state index < -0.39 is 6.10 Å². The van der Waals surface area contributed by atoms with Crippen LogP contribution in [0.4, 0.5) is 0 Å². The molecule has 0 radical (unpaired) electrons. The molecule has 3 N–H and O–H groups in total. The quantitative estimate of drug-likeness (QED) is 0.748. The summed E-state index contributed by atoms with van der Waals surface area (Å²) in [6.45, 7) is 2.13. The van der Waals surface area contributed by atoms with Gasteiger partial charge in [-0.3, -0.25) is 0 Å². The second-order valence-corrected chi connectivity index (χ2v) is 3.64. The fourth-order valence-electron chi connectivity index (χ4n) is 0.782. The maximum absolute atomic E-state index is 9.32. The maximum Gasteiger partial charge on any atom is 0.102 e. The number of thiophene rings is 1. The number of aliphatic hydroxyl groups excluding tert-OH is 1. The molecule has 0 saturated heterocycles. The summed E-state index contributed by atoms with van der Waals surface area (Å²) in [5.41, 5.74) is 6.28. The summed E-state index contributed by atoms with van der Waals surface area (Å²) in [7, 11) is 0. The van der Waals surface area contributed by atoms with Crippen molar-refractivity contribution in [2.75, 3.05) is 6.54 Å². The first kappa shape index (κ1) is 9.00. The van der Waals surface area contributed by atoms with Crippen molar-refractivity contribution in [1.82, 2.24) is 0 Å². The number of hydrogen-bond acceptors (Lipinski definition) is 3. The summed E-state index contributed by atoms with van der Waals surface area (Å²) in [5.74, 6) is 0. The number of rotatable bonds is 2. The van der Waals surface area contributed by atoms with Crippen LogP contribution in [-0.2, 0) is 0 Å². The number of aryl methyl sites for hydroxylation is 1. The smallest absolute Gasteiger partial charge is 0.102 e. The summed E-state index contributed by atoms with van der Waals surface area (Å²) in [6, 6.07) is 0. The van der Waals surface area contributed by atoms with E-state index in [9.17, 15) is 5.11 Å². The average Bonchev–Trinajstić information content (AvgIpc) is 2.32. The molecule has 0 spiro atoms. The minimum atomic E-state index is -0.610. The molecule has 1 aromatic rings. The second-order valence-electron chi connectivity index (χ2n) is 2.35. The highest BCUT2D eigenvalue weighted by Gasteiger charge is 2.13. The maximum atomic E-state index is 9.32. The zero-order valence-electron chi connectivity index (χ0n) is 6.17. The van der Waals surface area contributed by atoms with Gasteiger partial charge in [-0.25, -0.2) is 0 Å². The highest BCUT2D eigenvalue weighted by Crippen LogP contribution is 2.31. The van der Waals surface area contributed by atoms with Gasteiger partial charge in [0.15, 0.2) is 0 Å². The van der Waals surface area contributed by atoms with Gasteiger partial charge >= 0.3 is 0 Å². The van der Waals surface area contributed by atoms with Crippen molar-refractivity contribution in [3.8, 4) is 0 Å². The van der Waals surface area contributed by atoms with Gasteiger partial charge in [0.05, 0.1) is 9.90 Å². The zero-order chi connectivity index (χ0) is 8.43. The summed E-state index contributed by atoms with van der Waals surface area (Å²) < 4.78 is 0. The molecule has 0 aromatic carbocycles. The Kier molecular flexibility index (Phi) is 2.90. The van der Waals surface area contributed by atoms with Gasteiger partial charge in [-0.1, -0.05) is 11.6 Å². The first-order chi connectivity index (χ1) is 5.16. The van der Waals surface area contributed by atoms with Crippen LogP contribution in [0.15, 0.2) is 5.38 Å². The molecule has 1 rings (SSSR count). The molecule has 4 heteroatoms. The van der Waals surface area contributed by atoms with Crippen molar-refractivity contribution in [3.05, 3.63) is 20.8 Å². The predicted octanol–water partition coefficient (Wildman–Crippen LogP) is 1.70. The normalized spacial score (nSPS) is 13.5. The SMILES string of the molecule is Cc1csc([C@H](O)CN)c1Cl. The third-order valence-electron chi connectivity index (χ3n) is 1.45. The molecule has 0 bridgehead atoms. The van der Waals surface area contributed by atoms with Crippen molar-refractivity contribution in [2.24, 2.45) is 5.73 Å². The van der Waals surface area contributed by atoms with Crippen LogP contribution in [0.3, 0.4) is 0 Å². The summed E-state index contributed by atoms with van der Waals surface area (Å²) in [6.07, 6.45) is -0.610. The highest BCUT2D eigenvalue weighted by molar-refractivity contribution is 7.10. The molecule has 2 nitrogen and oxygen atoms in total. The van der Waals surface area contributed by atoms with E-state index in [0.29, 0.717) is 5.02 Å². The van der Waals surface area contributed by atoms with E-state index in [1.807, 2.05) is 12.3 Å². The Hall–Kier alpha value is -0.0900. The average molecular weight is 192 g/mol. The van der Waals surface area contributed by atoms with E-state index in [1.165, 1.54) is 11.3 Å². The first-order valence-corrected chi connectivity index (χ1v) is 4.54. The van der Waals surface area contributed by atoms with E-state index in [0.717, 1.165) is 10.4 Å². The van der Waals surface area contributed by atoms with Gasteiger partial charge in [-0.2, -0.15) is 0 Å². The molecular weight excluding hydrogens is 182 g/mol. The molecule has 0 aliphatic heterocycles. The van der Waals surface area contributed by atoms with Gasteiger partial charge in [-0.05, 0) is 17.9 Å². The zero-order valence-corrected chi connectivity index (χ0v) is 7.75. The predicted molar refractivity (Wildman–Crippen MR) is 48.1 cm³/mol. The van der Waals surface area contributed by atoms with Crippen molar-refractivity contribution >= 4 is 22.9 Å². The van der Waals surface area contributed by atoms with Crippen LogP contribution >= 0.6 is 22.9 Å². The molecule has 1 aromatic heterocycles. The Morgan fingerprint density at radius 3 is 2.82 bits per heavy atom. The van der Waals surface area contributed by atoms with Crippen LogP contribution in [-0.4, -0.2) is 11.7 Å². The fraction of sp³-hybridized carbons (Fsp3) is 0.429. The molecule has 11 heavy (non-hydrogen) atoms. The van der Waals surface area contributed by atoms with E-state index >= 15 is 0 Å². The Labute approximate surface area is 74.6 Å². The van der Waals surface area contributed by atoms with E-state index in [-0.39, 0.29) is 6.54 Å². The number of aliphatic hydroxyl groups is 1. The van der Waals surface area contributed by atoms with Crippen molar-refractivity contribution in [3.63, 3.8) is 0 Å². The molecule has 0 amide bonds. The van der Waals surface area contributed by atoms with Gasteiger partial charge in [0.25, 0.3) is 0 Å². The van der Waals surface area contributed by atoms with Crippen molar-refractivity contribution < 1.29 is 5.11 Å². The second kappa shape index (κ2) is 3.54. The molecule has 0 saturated carbocycles. The standard InChI is InChI=1S/C7H10ClNOS/c1-4-3-11-7(6(4)8)5(10)2-9/h3,5,10H,2,9H2,1H3/t5-/m1/s1. The third kappa shape index (κ3) is 1.73. The van der Waals surface area contributed by atoms with Crippen molar-refractivity contribution in [2.45, 2.75) is 13.0 Å². The van der Waals surface area contributed by atoms with E-state index in [4.69, 9.17) is 17.3 Å². The lowest BCUT2D eigenvalue weighted by atomic mass is 10.2. The minimum absolute atomic E-state index is 0.222. The molecule has 1 atom stereocenters. The summed E-state index contributed by atoms with van der Waals surface area (Å²) in [5, 5.41) is 11.9. The molecule has 0 aliphatic carbocycles. The Morgan fingerprint density at radius 2 is 2.45 bits per heavy atom. The lowest BCUT2D eigenvalue weighted by molar-refractivity contribution is 0.190. The lowest BCUT2D eigenvalue weighted by Gasteiger charge is -2.04. The van der Waals surface area contributed by atoms with Crippen LogP contribution in [0.5, 0.6) is 0 Å². The molecule has 0 aliphatic rings. The van der Waals surface area contributed by atoms with Crippen LogP contribution in [0.25, 0.3) is 0 Å². The molecular formula is C7H10ClNOS. The number of halogens is 1. The fourth-order valence-corrected chi connectivity index (χ4v) is 2.10. The van der Waals surface area contributed by atoms with Crippen LogP contribution < -0.4 is 5.73 Å². The van der Waals surface area contributed by atoms with Gasteiger partial charge in [0.2, 0.25) is 0 Å². The third-order valence-corrected chi connectivity index (χ3v) is 3.27. The van der Waals surface area contributed by atoms with Crippen molar-refractivity contribution in [1.29, 1.82) is 0 Å². The Morgan fingerprint density at radius 1 is 1.82 bits per heavy atom. The van der Waals surface area contributed by atoms with Crippen LogP contribution in [0.1, 0.15) is 16.5 Å². The Balaban J connectivity index is 2.94. The topological polar surface area (TPSA) is 46.2 Å². The lowest BCUT2D eigenvalue weighted by Crippen LogP contribution is -2.10. The minimum Gasteiger partial charge on any atom is -0.386 e. The summed E-state index contributed by atoms with van der Waals surface area (Å²) in [4.78, 5) is 0.770. The van der Waals surface area contributed by atoms with Gasteiger partial charge in [0, 0.05) is 6.54 Å². The van der Waals surface area contributed by atoms with Gasteiger partial charge in [-0.15, -0.1) is 11.3 Å². The molecule has 62 valence electrons. The monoisotopic (exact) mass is 191 g/mol. The van der Waals surface area contributed by atoms with Crippen LogP contribution in [0.2, 0.25) is 5.02 Å². The number of nitrogens with two attached hydrogens (primary N) is 1. The summed E-state index contributed by atoms with van der Waals surface area (Å²) >= 11 is 7.32. The molecule has 1 heterocycles. The Bertz CT molecular complexity index is 249. The van der Waals surface area contributed by atoms with E-state index in [2.05, 4.69) is 0 Å². The highest BCUT2D eigenvalue weighted by atomic mass is 35.5. The first-order valence-electron chi connectivity index (χ1n) is 3.28. The molecule has 0 fully saturated rings. The largest absolute Gasteiger partial charge is 0.386 e. The van der Waals surface area contributed by atoms with E-state index in [1.54, 1.807) is 0 Å².